The molecular formula is C38H28Cl4F2N4O4. The summed E-state index contributed by atoms with van der Waals surface area (Å²) < 4.78 is 38.6. The molecule has 0 atom stereocenters. The van der Waals surface area contributed by atoms with E-state index >= 15 is 0 Å². The number of aromatic nitrogens is 2. The lowest BCUT2D eigenvalue weighted by Gasteiger charge is -2.12. The van der Waals surface area contributed by atoms with E-state index in [0.29, 0.717) is 27.5 Å². The molecule has 0 bridgehead atoms. The summed E-state index contributed by atoms with van der Waals surface area (Å²) >= 11 is 24.0. The van der Waals surface area contributed by atoms with Crippen LogP contribution in [-0.2, 0) is 13.2 Å². The molecule has 2 heterocycles. The van der Waals surface area contributed by atoms with Crippen molar-refractivity contribution in [2.75, 3.05) is 11.5 Å². The molecule has 8 nitrogen and oxygen atoms in total. The SMILES string of the molecule is Cc1ccc(-c2cnc(N)c(OCc3c(Cl)ccc(F)c3Cl)c2)cc1.Nc1ncc(-c2ccc(C(=O)O)cc2)cc1OCc1c(Cl)ccc(F)c1Cl. The number of nitrogens with zero attached hydrogens (tertiary/aromatic N) is 2. The Kier molecular flexibility index (Phi) is 12.4. The van der Waals surface area contributed by atoms with Gasteiger partial charge in [0.2, 0.25) is 0 Å². The topological polar surface area (TPSA) is 134 Å². The lowest BCUT2D eigenvalue weighted by Crippen LogP contribution is -2.03. The Hall–Kier alpha value is -5.13. The molecule has 6 rings (SSSR count). The highest BCUT2D eigenvalue weighted by atomic mass is 35.5. The molecule has 0 saturated heterocycles. The molecular weight excluding hydrogens is 756 g/mol. The van der Waals surface area contributed by atoms with Crippen molar-refractivity contribution in [3.05, 3.63) is 151 Å². The fourth-order valence-electron chi connectivity index (χ4n) is 4.71. The number of aromatic carboxylic acids is 1. The average molecular weight is 784 g/mol. The van der Waals surface area contributed by atoms with Gasteiger partial charge in [-0.3, -0.25) is 0 Å². The number of aryl methyl sites for hydroxylation is 1. The molecule has 0 saturated carbocycles. The fourth-order valence-corrected chi connectivity index (χ4v) is 5.67. The third-order valence-electron chi connectivity index (χ3n) is 7.64. The number of carboxylic acids is 1. The highest BCUT2D eigenvalue weighted by molar-refractivity contribution is 6.36. The number of nitrogens with two attached hydrogens (primary N) is 2. The second-order valence-corrected chi connectivity index (χ2v) is 12.8. The fraction of sp³-hybridized carbons (Fsp3) is 0.0789. The van der Waals surface area contributed by atoms with Gasteiger partial charge in [-0.25, -0.2) is 23.5 Å². The zero-order valence-corrected chi connectivity index (χ0v) is 30.2. The van der Waals surface area contributed by atoms with Gasteiger partial charge in [-0.2, -0.15) is 0 Å². The van der Waals surface area contributed by atoms with Gasteiger partial charge in [0.05, 0.1) is 15.6 Å². The maximum Gasteiger partial charge on any atom is 0.335 e. The minimum absolute atomic E-state index is 0.0152. The Morgan fingerprint density at radius 2 is 1.06 bits per heavy atom. The van der Waals surface area contributed by atoms with Crippen LogP contribution in [0.25, 0.3) is 22.3 Å². The molecule has 2 aromatic heterocycles. The smallest absolute Gasteiger partial charge is 0.335 e. The van der Waals surface area contributed by atoms with Gasteiger partial charge in [-0.15, -0.1) is 0 Å². The normalized spacial score (nSPS) is 10.7. The molecule has 0 aliphatic carbocycles. The Balaban J connectivity index is 0.000000202. The Bertz CT molecular complexity index is 2240. The van der Waals surface area contributed by atoms with E-state index in [1.54, 1.807) is 36.7 Å². The number of hydrogen-bond acceptors (Lipinski definition) is 7. The van der Waals surface area contributed by atoms with Gasteiger partial charge < -0.3 is 26.0 Å². The van der Waals surface area contributed by atoms with Gasteiger partial charge in [0.25, 0.3) is 0 Å². The van der Waals surface area contributed by atoms with Crippen molar-refractivity contribution in [2.24, 2.45) is 0 Å². The molecule has 14 heteroatoms. The number of benzene rings is 4. The quantitative estimate of drug-likeness (QED) is 0.123. The zero-order chi connectivity index (χ0) is 37.5. The van der Waals surface area contributed by atoms with Crippen LogP contribution in [0, 0.1) is 18.6 Å². The molecule has 6 aromatic rings. The first kappa shape index (κ1) is 38.1. The molecule has 4 aromatic carbocycles. The van der Waals surface area contributed by atoms with E-state index in [-0.39, 0.29) is 51.2 Å². The van der Waals surface area contributed by atoms with Gasteiger partial charge in [0, 0.05) is 44.7 Å². The molecule has 0 unspecified atom stereocenters. The van der Waals surface area contributed by atoms with Crippen LogP contribution in [0.2, 0.25) is 20.1 Å². The molecule has 0 aliphatic rings. The van der Waals surface area contributed by atoms with Crippen molar-refractivity contribution in [1.29, 1.82) is 0 Å². The summed E-state index contributed by atoms with van der Waals surface area (Å²) in [5.41, 5.74) is 17.0. The molecule has 0 fully saturated rings. The van der Waals surface area contributed by atoms with Crippen LogP contribution in [0.5, 0.6) is 11.5 Å². The Morgan fingerprint density at radius 3 is 1.46 bits per heavy atom. The molecule has 0 spiro atoms. The lowest BCUT2D eigenvalue weighted by atomic mass is 10.1. The van der Waals surface area contributed by atoms with E-state index in [1.807, 2.05) is 31.2 Å². The predicted octanol–water partition coefficient (Wildman–Crippen LogP) is 10.7. The molecule has 52 heavy (non-hydrogen) atoms. The van der Waals surface area contributed by atoms with Crippen molar-refractivity contribution in [3.8, 4) is 33.8 Å². The maximum atomic E-state index is 13.6. The first-order chi connectivity index (χ1) is 24.8. The van der Waals surface area contributed by atoms with E-state index in [9.17, 15) is 13.6 Å². The average Bonchev–Trinajstić information content (AvgIpc) is 3.13. The molecule has 5 N–H and O–H groups in total. The summed E-state index contributed by atoms with van der Waals surface area (Å²) in [5, 5.41) is 9.39. The number of rotatable bonds is 9. The van der Waals surface area contributed by atoms with Crippen molar-refractivity contribution in [2.45, 2.75) is 20.1 Å². The van der Waals surface area contributed by atoms with Crippen molar-refractivity contribution >= 4 is 64.0 Å². The van der Waals surface area contributed by atoms with Gasteiger partial charge in [0.1, 0.15) is 24.8 Å². The molecule has 0 aliphatic heterocycles. The van der Waals surface area contributed by atoms with Crippen LogP contribution >= 0.6 is 46.4 Å². The Morgan fingerprint density at radius 1 is 0.654 bits per heavy atom. The summed E-state index contributed by atoms with van der Waals surface area (Å²) in [6.07, 6.45) is 3.22. The van der Waals surface area contributed by atoms with Crippen LogP contribution in [-0.4, -0.2) is 21.0 Å². The first-order valence-electron chi connectivity index (χ1n) is 15.2. The van der Waals surface area contributed by atoms with Crippen LogP contribution < -0.4 is 20.9 Å². The third-order valence-corrected chi connectivity index (χ3v) is 9.16. The number of carboxylic acid groups (broad SMARTS) is 1. The summed E-state index contributed by atoms with van der Waals surface area (Å²) in [7, 11) is 0. The number of anilines is 2. The van der Waals surface area contributed by atoms with E-state index < -0.39 is 17.6 Å². The number of carbonyl (C=O) groups is 1. The van der Waals surface area contributed by atoms with Crippen LogP contribution in [0.1, 0.15) is 27.0 Å². The lowest BCUT2D eigenvalue weighted by molar-refractivity contribution is 0.0697. The van der Waals surface area contributed by atoms with Crippen molar-refractivity contribution in [1.82, 2.24) is 9.97 Å². The number of nitrogen functional groups attached to an aromatic ring is 2. The monoisotopic (exact) mass is 782 g/mol. The zero-order valence-electron chi connectivity index (χ0n) is 27.1. The summed E-state index contributed by atoms with van der Waals surface area (Å²) in [5.74, 6) is -1.13. The van der Waals surface area contributed by atoms with Crippen LogP contribution in [0.4, 0.5) is 20.4 Å². The first-order valence-corrected chi connectivity index (χ1v) is 16.8. The highest BCUT2D eigenvalue weighted by Gasteiger charge is 2.15. The third kappa shape index (κ3) is 9.20. The summed E-state index contributed by atoms with van der Waals surface area (Å²) in [6, 6.07) is 22.9. The minimum atomic E-state index is -1.01. The van der Waals surface area contributed by atoms with Gasteiger partial charge in [-0.05, 0) is 66.6 Å². The predicted molar refractivity (Wildman–Crippen MR) is 201 cm³/mol. The summed E-state index contributed by atoms with van der Waals surface area (Å²) in [4.78, 5) is 19.2. The van der Waals surface area contributed by atoms with Gasteiger partial charge >= 0.3 is 5.97 Å². The van der Waals surface area contributed by atoms with Gasteiger partial charge in [-0.1, -0.05) is 88.4 Å². The number of hydrogen-bond donors (Lipinski definition) is 3. The Labute approximate surface area is 317 Å². The molecule has 0 amide bonds. The number of pyridine rings is 2. The maximum absolute atomic E-state index is 13.6. The second-order valence-electron chi connectivity index (χ2n) is 11.2. The van der Waals surface area contributed by atoms with Gasteiger partial charge in [0.15, 0.2) is 23.1 Å². The van der Waals surface area contributed by atoms with E-state index in [0.717, 1.165) is 16.7 Å². The van der Waals surface area contributed by atoms with Crippen LogP contribution in [0.15, 0.2) is 97.3 Å². The standard InChI is InChI=1S/C19H13Cl2FN2O3.C19H15Cl2FN2O/c20-14-5-6-15(22)17(21)13(14)9-27-16-7-12(8-24-18(16)23)10-1-3-11(4-2-10)19(25)26;1-11-2-4-12(5-3-11)13-8-17(19(23)24-9-13)25-10-14-15(20)6-7-16(22)18(14)21/h1-8H,9H2,(H2,23,24)(H,25,26);2-9H,10H2,1H3,(H2,23,24). The largest absolute Gasteiger partial charge is 0.485 e. The highest BCUT2D eigenvalue weighted by Crippen LogP contribution is 2.33. The van der Waals surface area contributed by atoms with E-state index in [1.165, 1.54) is 42.0 Å². The molecule has 0 radical (unpaired) electrons. The number of halogens is 6. The number of ether oxygens (including phenoxy) is 2. The van der Waals surface area contributed by atoms with Crippen LogP contribution in [0.3, 0.4) is 0 Å². The van der Waals surface area contributed by atoms with E-state index in [2.05, 4.69) is 9.97 Å². The minimum Gasteiger partial charge on any atom is -0.485 e. The van der Waals surface area contributed by atoms with Crippen molar-refractivity contribution in [3.63, 3.8) is 0 Å². The van der Waals surface area contributed by atoms with E-state index in [4.69, 9.17) is 72.5 Å². The summed E-state index contributed by atoms with van der Waals surface area (Å²) in [6.45, 7) is 1.91. The molecule has 266 valence electrons. The van der Waals surface area contributed by atoms with Crippen molar-refractivity contribution < 1.29 is 28.2 Å². The second kappa shape index (κ2) is 16.9.